The number of fused-ring (bicyclic) bond motifs is 2. The number of nitrogens with zero attached hydrogens (tertiary/aromatic N) is 2. The van der Waals surface area contributed by atoms with E-state index in [2.05, 4.69) is 31.7 Å². The average Bonchev–Trinajstić information content (AvgIpc) is 2.93. The molecule has 0 spiro atoms. The molecule has 1 aromatic rings. The molecule has 2 aliphatic heterocycles. The van der Waals surface area contributed by atoms with E-state index in [9.17, 15) is 14.7 Å². The molecule has 6 heteroatoms. The lowest BCUT2D eigenvalue weighted by atomic mass is 9.84. The molecule has 2 unspecified atom stereocenters. The van der Waals surface area contributed by atoms with Gasteiger partial charge in [0.25, 0.3) is 5.91 Å². The molecule has 3 atom stereocenters. The summed E-state index contributed by atoms with van der Waals surface area (Å²) in [5, 5.41) is 9.79. The third-order valence-electron chi connectivity index (χ3n) is 6.71. The summed E-state index contributed by atoms with van der Waals surface area (Å²) in [6, 6.07) is 8.93. The summed E-state index contributed by atoms with van der Waals surface area (Å²) in [5.41, 5.74) is 7.29. The van der Waals surface area contributed by atoms with E-state index in [0.717, 1.165) is 25.8 Å². The van der Waals surface area contributed by atoms with Crippen LogP contribution < -0.4 is 5.73 Å². The Kier molecular flexibility index (Phi) is 7.43. The average molecular weight is 430 g/mol. The highest BCUT2D eigenvalue weighted by molar-refractivity contribution is 5.92. The Morgan fingerprint density at radius 2 is 1.87 bits per heavy atom. The number of rotatable bonds is 8. The fourth-order valence-electron chi connectivity index (χ4n) is 5.41. The van der Waals surface area contributed by atoms with Gasteiger partial charge in [-0.2, -0.15) is 0 Å². The van der Waals surface area contributed by atoms with Gasteiger partial charge >= 0.3 is 0 Å². The molecule has 0 saturated carbocycles. The topological polar surface area (TPSA) is 86.9 Å². The quantitative estimate of drug-likeness (QED) is 0.665. The summed E-state index contributed by atoms with van der Waals surface area (Å²) in [6.07, 6.45) is 4.62. The Morgan fingerprint density at radius 1 is 1.23 bits per heavy atom. The van der Waals surface area contributed by atoms with Crippen LogP contribution in [0.5, 0.6) is 0 Å². The number of hydrogen-bond acceptors (Lipinski definition) is 4. The molecule has 172 valence electrons. The normalized spacial score (nSPS) is 24.7. The highest BCUT2D eigenvalue weighted by atomic mass is 16.3. The minimum Gasteiger partial charge on any atom is -0.384 e. The first-order valence-corrected chi connectivity index (χ1v) is 11.7. The molecule has 6 nitrogen and oxygen atoms in total. The maximum absolute atomic E-state index is 12.4. The van der Waals surface area contributed by atoms with Crippen LogP contribution in [0.3, 0.4) is 0 Å². The number of aliphatic hydroxyl groups is 1. The van der Waals surface area contributed by atoms with Crippen LogP contribution in [0.4, 0.5) is 0 Å². The van der Waals surface area contributed by atoms with E-state index in [1.807, 2.05) is 17.0 Å². The molecule has 2 amide bonds. The van der Waals surface area contributed by atoms with Gasteiger partial charge in [-0.1, -0.05) is 32.9 Å². The summed E-state index contributed by atoms with van der Waals surface area (Å²) in [5.74, 6) is -0.0676. The van der Waals surface area contributed by atoms with E-state index >= 15 is 0 Å². The number of aliphatic hydroxyl groups excluding tert-OH is 1. The summed E-state index contributed by atoms with van der Waals surface area (Å²) in [6.45, 7) is 10.2. The third-order valence-corrected chi connectivity index (χ3v) is 6.71. The largest absolute Gasteiger partial charge is 0.384 e. The molecule has 3 rings (SSSR count). The lowest BCUT2D eigenvalue weighted by molar-refractivity contribution is -0.140. The number of nitrogens with two attached hydrogens (primary N) is 1. The number of benzene rings is 1. The molecule has 3 N–H and O–H groups in total. The van der Waals surface area contributed by atoms with E-state index in [1.165, 1.54) is 18.4 Å². The fraction of sp³-hybridized carbons (Fsp3) is 0.680. The van der Waals surface area contributed by atoms with Gasteiger partial charge < -0.3 is 15.7 Å². The smallest absolute Gasteiger partial charge is 0.251 e. The number of primary amides is 1. The van der Waals surface area contributed by atoms with Crippen molar-refractivity contribution in [2.24, 2.45) is 11.1 Å². The van der Waals surface area contributed by atoms with Gasteiger partial charge in [0.2, 0.25) is 5.91 Å². The Labute approximate surface area is 186 Å². The van der Waals surface area contributed by atoms with Gasteiger partial charge in [-0.3, -0.25) is 14.5 Å². The Bertz CT molecular complexity index is 772. The van der Waals surface area contributed by atoms with Gasteiger partial charge in [-0.25, -0.2) is 0 Å². The van der Waals surface area contributed by atoms with Crippen LogP contribution in [0.25, 0.3) is 0 Å². The van der Waals surface area contributed by atoms with E-state index in [4.69, 9.17) is 5.73 Å². The van der Waals surface area contributed by atoms with Gasteiger partial charge in [-0.15, -0.1) is 0 Å². The summed E-state index contributed by atoms with van der Waals surface area (Å²) in [7, 11) is 0. The van der Waals surface area contributed by atoms with Gasteiger partial charge in [0.1, 0.15) is 6.10 Å². The Hall–Kier alpha value is -1.92. The molecule has 0 aliphatic carbocycles. The Morgan fingerprint density at radius 3 is 2.42 bits per heavy atom. The maximum atomic E-state index is 12.4. The van der Waals surface area contributed by atoms with E-state index in [1.54, 1.807) is 13.0 Å². The minimum absolute atomic E-state index is 0.00136. The van der Waals surface area contributed by atoms with Crippen LogP contribution >= 0.6 is 0 Å². The molecule has 31 heavy (non-hydrogen) atoms. The fourth-order valence-corrected chi connectivity index (χ4v) is 5.41. The summed E-state index contributed by atoms with van der Waals surface area (Å²) >= 11 is 0. The monoisotopic (exact) mass is 429 g/mol. The van der Waals surface area contributed by atoms with Crippen LogP contribution in [0.2, 0.25) is 0 Å². The molecule has 2 bridgehead atoms. The van der Waals surface area contributed by atoms with Crippen molar-refractivity contribution in [1.82, 2.24) is 9.80 Å². The van der Waals surface area contributed by atoms with Gasteiger partial charge in [0.15, 0.2) is 0 Å². The maximum Gasteiger partial charge on any atom is 0.251 e. The van der Waals surface area contributed by atoms with Gasteiger partial charge in [0, 0.05) is 37.3 Å². The van der Waals surface area contributed by atoms with Gasteiger partial charge in [-0.05, 0) is 68.1 Å². The van der Waals surface area contributed by atoms with Crippen molar-refractivity contribution >= 4 is 11.8 Å². The summed E-state index contributed by atoms with van der Waals surface area (Å²) in [4.78, 5) is 28.5. The second-order valence-corrected chi connectivity index (χ2v) is 10.6. The SMILES string of the molecule is C[C@H](O)C(=O)N(CCCN1C2CCC1CC(c1cccc(C(N)=O)c1)C2)CC(C)(C)C. The van der Waals surface area contributed by atoms with Crippen LogP contribution in [0.1, 0.15) is 81.6 Å². The molecular weight excluding hydrogens is 390 g/mol. The van der Waals surface area contributed by atoms with E-state index in [0.29, 0.717) is 36.7 Å². The first-order valence-electron chi connectivity index (χ1n) is 11.7. The van der Waals surface area contributed by atoms with E-state index in [-0.39, 0.29) is 17.2 Å². The molecular formula is C25H39N3O3. The number of amides is 2. The predicted octanol–water partition coefficient (Wildman–Crippen LogP) is 3.14. The van der Waals surface area contributed by atoms with Crippen molar-refractivity contribution in [1.29, 1.82) is 0 Å². The second kappa shape index (κ2) is 9.70. The molecule has 0 aromatic heterocycles. The standard InChI is InChI=1S/C25H39N3O3/c1-17(29)24(31)27(16-25(2,3)4)11-6-12-28-21-9-10-22(28)15-20(14-21)18-7-5-8-19(13-18)23(26)30/h5,7-8,13,17,20-22,29H,6,9-12,14-16H2,1-4H3,(H2,26,30)/t17-,20?,21?,22?/m0/s1. The predicted molar refractivity (Wildman–Crippen MR) is 123 cm³/mol. The van der Waals surface area contributed by atoms with Gasteiger partial charge in [0.05, 0.1) is 0 Å². The zero-order valence-electron chi connectivity index (χ0n) is 19.5. The van der Waals surface area contributed by atoms with Crippen LogP contribution in [-0.2, 0) is 4.79 Å². The second-order valence-electron chi connectivity index (χ2n) is 10.6. The van der Waals surface area contributed by atoms with Crippen molar-refractivity contribution in [2.45, 2.75) is 83.9 Å². The van der Waals surface area contributed by atoms with Crippen LogP contribution in [0.15, 0.2) is 24.3 Å². The first kappa shape index (κ1) is 23.7. The first-order chi connectivity index (χ1) is 14.5. The molecule has 0 radical (unpaired) electrons. The van der Waals surface area contributed by atoms with E-state index < -0.39 is 6.10 Å². The van der Waals surface area contributed by atoms with Crippen molar-refractivity contribution in [3.63, 3.8) is 0 Å². The van der Waals surface area contributed by atoms with Crippen molar-refractivity contribution in [3.8, 4) is 0 Å². The molecule has 2 heterocycles. The lowest BCUT2D eigenvalue weighted by Gasteiger charge is -2.40. The number of carbonyl (C=O) groups excluding carboxylic acids is 2. The highest BCUT2D eigenvalue weighted by Crippen LogP contribution is 2.43. The zero-order valence-corrected chi connectivity index (χ0v) is 19.5. The lowest BCUT2D eigenvalue weighted by Crippen LogP contribution is -2.46. The van der Waals surface area contributed by atoms with Crippen LogP contribution in [0, 0.1) is 5.41 Å². The van der Waals surface area contributed by atoms with Crippen LogP contribution in [-0.4, -0.2) is 64.5 Å². The molecule has 1 aromatic carbocycles. The van der Waals surface area contributed by atoms with Crippen molar-refractivity contribution < 1.29 is 14.7 Å². The number of piperidine rings is 1. The molecule has 2 aliphatic rings. The zero-order chi connectivity index (χ0) is 22.8. The van der Waals surface area contributed by atoms with Crippen molar-refractivity contribution in [3.05, 3.63) is 35.4 Å². The summed E-state index contributed by atoms with van der Waals surface area (Å²) < 4.78 is 0. The molecule has 2 fully saturated rings. The molecule has 2 saturated heterocycles. The number of hydrogen-bond donors (Lipinski definition) is 2. The highest BCUT2D eigenvalue weighted by Gasteiger charge is 2.40. The minimum atomic E-state index is -0.953. The Balaban J connectivity index is 1.58. The number of carbonyl (C=O) groups is 2. The van der Waals surface area contributed by atoms with Crippen molar-refractivity contribution in [2.75, 3.05) is 19.6 Å². The third kappa shape index (κ3) is 6.07.